The summed E-state index contributed by atoms with van der Waals surface area (Å²) in [6.45, 7) is 3.37. The Morgan fingerprint density at radius 3 is 2.28 bits per heavy atom. The van der Waals surface area contributed by atoms with Gasteiger partial charge in [-0.25, -0.2) is 21.9 Å². The Morgan fingerprint density at radius 1 is 1.28 bits per heavy atom. The Balaban J connectivity index is 3.37. The van der Waals surface area contributed by atoms with Crippen LogP contribution in [-0.4, -0.2) is 20.6 Å². The maximum absolute atomic E-state index is 13.6. The molecule has 0 radical (unpaired) electrons. The summed E-state index contributed by atoms with van der Waals surface area (Å²) in [5.74, 6) is -3.96. The van der Waals surface area contributed by atoms with Crippen LogP contribution in [0.15, 0.2) is 12.1 Å². The zero-order valence-electron chi connectivity index (χ0n) is 10.1. The molecule has 0 unspecified atom stereocenters. The topological polar surface area (TPSA) is 63.2 Å². The van der Waals surface area contributed by atoms with Crippen molar-refractivity contribution in [2.45, 2.75) is 19.8 Å². The van der Waals surface area contributed by atoms with E-state index in [9.17, 15) is 22.0 Å². The van der Waals surface area contributed by atoms with E-state index in [0.717, 1.165) is 12.3 Å². The Labute approximate surface area is 104 Å². The molecule has 4 nitrogen and oxygen atoms in total. The molecule has 0 saturated heterocycles. The Bertz CT molecular complexity index is 582. The minimum Gasteiger partial charge on any atom is -0.268 e. The van der Waals surface area contributed by atoms with Crippen LogP contribution in [0.1, 0.15) is 35.7 Å². The van der Waals surface area contributed by atoms with E-state index in [1.54, 1.807) is 18.6 Å². The van der Waals surface area contributed by atoms with Crippen molar-refractivity contribution >= 4 is 15.9 Å². The van der Waals surface area contributed by atoms with Gasteiger partial charge in [-0.3, -0.25) is 4.79 Å². The summed E-state index contributed by atoms with van der Waals surface area (Å²) < 4.78 is 50.2. The van der Waals surface area contributed by atoms with Crippen LogP contribution in [0.5, 0.6) is 0 Å². The molecule has 0 spiro atoms. The average Bonchev–Trinajstić information content (AvgIpc) is 2.18. The van der Waals surface area contributed by atoms with Crippen molar-refractivity contribution in [2.75, 3.05) is 6.26 Å². The first kappa shape index (κ1) is 14.6. The summed E-state index contributed by atoms with van der Waals surface area (Å²) in [5, 5.41) is 0. The molecule has 0 aliphatic heterocycles. The molecule has 0 bridgehead atoms. The highest BCUT2D eigenvalue weighted by Crippen LogP contribution is 2.24. The molecule has 7 heteroatoms. The van der Waals surface area contributed by atoms with E-state index in [-0.39, 0.29) is 11.5 Å². The van der Waals surface area contributed by atoms with Crippen LogP contribution in [0.2, 0.25) is 0 Å². The first-order valence-corrected chi connectivity index (χ1v) is 7.02. The van der Waals surface area contributed by atoms with Gasteiger partial charge in [-0.15, -0.1) is 0 Å². The second-order valence-corrected chi connectivity index (χ2v) is 5.93. The van der Waals surface area contributed by atoms with E-state index in [4.69, 9.17) is 0 Å². The van der Waals surface area contributed by atoms with Crippen LogP contribution in [0, 0.1) is 11.6 Å². The van der Waals surface area contributed by atoms with Crippen molar-refractivity contribution in [1.29, 1.82) is 0 Å². The third-order valence-electron chi connectivity index (χ3n) is 2.25. The number of hydrogen-bond donors (Lipinski definition) is 1. The molecule has 1 aromatic carbocycles. The van der Waals surface area contributed by atoms with E-state index in [1.807, 2.05) is 0 Å². The predicted octanol–water partition coefficient (Wildman–Crippen LogP) is 1.78. The molecule has 0 saturated carbocycles. The van der Waals surface area contributed by atoms with Gasteiger partial charge in [0.05, 0.1) is 11.8 Å². The number of rotatable bonds is 3. The number of hydrogen-bond acceptors (Lipinski definition) is 3. The first-order valence-electron chi connectivity index (χ1n) is 5.13. The number of amides is 1. The molecule has 1 rings (SSSR count). The average molecular weight is 277 g/mol. The zero-order chi connectivity index (χ0) is 14.1. The van der Waals surface area contributed by atoms with Crippen LogP contribution in [0.3, 0.4) is 0 Å². The van der Waals surface area contributed by atoms with Gasteiger partial charge in [-0.05, 0) is 17.5 Å². The van der Waals surface area contributed by atoms with E-state index < -0.39 is 33.1 Å². The molecule has 1 aromatic rings. The van der Waals surface area contributed by atoms with Crippen molar-refractivity contribution < 1.29 is 22.0 Å². The molecule has 1 N–H and O–H groups in total. The van der Waals surface area contributed by atoms with Crippen molar-refractivity contribution in [2.24, 2.45) is 0 Å². The van der Waals surface area contributed by atoms with Crippen LogP contribution in [0.25, 0.3) is 0 Å². The highest BCUT2D eigenvalue weighted by atomic mass is 32.2. The minimum atomic E-state index is -3.83. The number of halogens is 2. The quantitative estimate of drug-likeness (QED) is 0.916. The first-order chi connectivity index (χ1) is 8.13. The largest absolute Gasteiger partial charge is 0.268 e. The molecule has 0 fully saturated rings. The van der Waals surface area contributed by atoms with Crippen molar-refractivity contribution in [3.8, 4) is 0 Å². The standard InChI is InChI=1S/C11H13F2NO3S/c1-6(2)7-4-5-8(12)10(13)9(7)11(15)14-18(3,16)17/h4-6H,1-3H3,(H,14,15). The molecule has 0 aromatic heterocycles. The SMILES string of the molecule is CC(C)c1ccc(F)c(F)c1C(=O)NS(C)(=O)=O. The molecule has 100 valence electrons. The summed E-state index contributed by atoms with van der Waals surface area (Å²) in [6, 6.07) is 2.17. The lowest BCUT2D eigenvalue weighted by Crippen LogP contribution is -2.31. The maximum atomic E-state index is 13.6. The van der Waals surface area contributed by atoms with Gasteiger partial charge < -0.3 is 0 Å². The van der Waals surface area contributed by atoms with Gasteiger partial charge in [0.2, 0.25) is 10.0 Å². The number of benzene rings is 1. The lowest BCUT2D eigenvalue weighted by molar-refractivity contribution is 0.0975. The molecule has 0 atom stereocenters. The van der Waals surface area contributed by atoms with Crippen molar-refractivity contribution in [1.82, 2.24) is 4.72 Å². The molecule has 0 heterocycles. The summed E-state index contributed by atoms with van der Waals surface area (Å²) in [4.78, 5) is 11.7. The van der Waals surface area contributed by atoms with Gasteiger partial charge in [0.15, 0.2) is 11.6 Å². The number of carbonyl (C=O) groups excluding carboxylic acids is 1. The number of nitrogens with one attached hydrogen (secondary N) is 1. The Morgan fingerprint density at radius 2 is 1.83 bits per heavy atom. The third kappa shape index (κ3) is 3.25. The highest BCUT2D eigenvalue weighted by molar-refractivity contribution is 7.89. The van der Waals surface area contributed by atoms with Gasteiger partial charge in [-0.1, -0.05) is 19.9 Å². The lowest BCUT2D eigenvalue weighted by atomic mass is 9.96. The van der Waals surface area contributed by atoms with Gasteiger partial charge in [0, 0.05) is 0 Å². The molecule has 18 heavy (non-hydrogen) atoms. The molecular formula is C11H13F2NO3S. The zero-order valence-corrected chi connectivity index (χ0v) is 10.9. The third-order valence-corrected chi connectivity index (χ3v) is 2.81. The van der Waals surface area contributed by atoms with Gasteiger partial charge in [0.25, 0.3) is 5.91 Å². The van der Waals surface area contributed by atoms with Crippen LogP contribution in [-0.2, 0) is 10.0 Å². The van der Waals surface area contributed by atoms with E-state index >= 15 is 0 Å². The molecule has 0 aliphatic carbocycles. The summed E-state index contributed by atoms with van der Waals surface area (Å²) in [5.41, 5.74) is -0.328. The molecular weight excluding hydrogens is 264 g/mol. The smallest absolute Gasteiger partial charge is 0.268 e. The van der Waals surface area contributed by atoms with Gasteiger partial charge >= 0.3 is 0 Å². The second-order valence-electron chi connectivity index (χ2n) is 4.18. The summed E-state index contributed by atoms with van der Waals surface area (Å²) in [7, 11) is -3.83. The lowest BCUT2D eigenvalue weighted by Gasteiger charge is -2.13. The number of sulfonamides is 1. The fraction of sp³-hybridized carbons (Fsp3) is 0.364. The van der Waals surface area contributed by atoms with Crippen LogP contribution >= 0.6 is 0 Å². The monoisotopic (exact) mass is 277 g/mol. The summed E-state index contributed by atoms with van der Waals surface area (Å²) in [6.07, 6.45) is 0.761. The minimum absolute atomic E-state index is 0.245. The molecule has 1 amide bonds. The normalized spacial score (nSPS) is 11.7. The Kier molecular flexibility index (Phi) is 4.05. The van der Waals surface area contributed by atoms with Crippen molar-refractivity contribution in [3.05, 3.63) is 34.9 Å². The van der Waals surface area contributed by atoms with E-state index in [0.29, 0.717) is 0 Å². The van der Waals surface area contributed by atoms with Crippen LogP contribution in [0.4, 0.5) is 8.78 Å². The number of carbonyl (C=O) groups is 1. The van der Waals surface area contributed by atoms with Crippen molar-refractivity contribution in [3.63, 3.8) is 0 Å². The van der Waals surface area contributed by atoms with Gasteiger partial charge in [-0.2, -0.15) is 0 Å². The fourth-order valence-corrected chi connectivity index (χ4v) is 1.94. The molecule has 0 aliphatic rings. The van der Waals surface area contributed by atoms with E-state index in [1.165, 1.54) is 6.07 Å². The van der Waals surface area contributed by atoms with Crippen LogP contribution < -0.4 is 4.72 Å². The van der Waals surface area contributed by atoms with Gasteiger partial charge in [0.1, 0.15) is 0 Å². The second kappa shape index (κ2) is 5.01. The Hall–Kier alpha value is -1.50. The fourth-order valence-electron chi connectivity index (χ4n) is 1.50. The predicted molar refractivity (Wildman–Crippen MR) is 62.8 cm³/mol. The maximum Gasteiger partial charge on any atom is 0.268 e. The highest BCUT2D eigenvalue weighted by Gasteiger charge is 2.23. The van der Waals surface area contributed by atoms with E-state index in [2.05, 4.69) is 0 Å². The summed E-state index contributed by atoms with van der Waals surface area (Å²) >= 11 is 0.